The van der Waals surface area contributed by atoms with Crippen molar-refractivity contribution in [3.8, 4) is 5.75 Å². The molecule has 2 aromatic carbocycles. The second kappa shape index (κ2) is 8.56. The van der Waals surface area contributed by atoms with Crippen molar-refractivity contribution >= 4 is 29.3 Å². The third-order valence-electron chi connectivity index (χ3n) is 5.87. The number of fused-ring (bicyclic) bond motifs is 1. The van der Waals surface area contributed by atoms with E-state index in [1.807, 2.05) is 0 Å². The van der Waals surface area contributed by atoms with Gasteiger partial charge in [0.2, 0.25) is 0 Å². The molecule has 0 radical (unpaired) electrons. The van der Waals surface area contributed by atoms with Crippen LogP contribution >= 0.6 is 11.9 Å². The van der Waals surface area contributed by atoms with E-state index < -0.39 is 40.6 Å². The van der Waals surface area contributed by atoms with Crippen molar-refractivity contribution in [1.29, 1.82) is 0 Å². The molecule has 1 saturated carbocycles. The number of likely N-dealkylation sites (N-methyl/N-ethyl adjacent to an activating group) is 1. The quantitative estimate of drug-likeness (QED) is 0.393. The molecule has 0 aromatic heterocycles. The summed E-state index contributed by atoms with van der Waals surface area (Å²) >= 11 is 1.18. The molecule has 0 saturated heterocycles. The smallest absolute Gasteiger partial charge is 0.420 e. The van der Waals surface area contributed by atoms with Crippen molar-refractivity contribution in [2.24, 2.45) is 5.41 Å². The topological polar surface area (TPSA) is 53.0 Å². The van der Waals surface area contributed by atoms with Crippen LogP contribution in [0.25, 0.3) is 0 Å². The molecule has 2 aromatic rings. The average molecular weight is 506 g/mol. The monoisotopic (exact) mass is 506 g/mol. The summed E-state index contributed by atoms with van der Waals surface area (Å²) in [4.78, 5) is 13.3. The summed E-state index contributed by atoms with van der Waals surface area (Å²) in [5, 5.41) is 9.32. The molecule has 0 unspecified atom stereocenters. The van der Waals surface area contributed by atoms with E-state index in [1.165, 1.54) is 35.0 Å². The van der Waals surface area contributed by atoms with E-state index in [-0.39, 0.29) is 18.8 Å². The molecule has 12 heteroatoms. The van der Waals surface area contributed by atoms with Crippen LogP contribution in [-0.4, -0.2) is 42.1 Å². The van der Waals surface area contributed by atoms with Crippen LogP contribution in [0.4, 0.5) is 37.7 Å². The molecule has 1 fully saturated rings. The molecular formula is C22H20F6N2O3S. The van der Waals surface area contributed by atoms with E-state index in [0.717, 1.165) is 18.2 Å². The second-order valence-corrected chi connectivity index (χ2v) is 9.57. The zero-order valence-electron chi connectivity index (χ0n) is 17.8. The lowest BCUT2D eigenvalue weighted by Crippen LogP contribution is -2.25. The van der Waals surface area contributed by atoms with Gasteiger partial charge in [-0.3, -0.25) is 4.79 Å². The highest BCUT2D eigenvalue weighted by Crippen LogP contribution is 2.49. The van der Waals surface area contributed by atoms with Gasteiger partial charge in [0.25, 0.3) is 0 Å². The molecule has 0 amide bonds. The first-order valence-corrected chi connectivity index (χ1v) is 11.0. The lowest BCUT2D eigenvalue weighted by atomic mass is 10.1. The van der Waals surface area contributed by atoms with E-state index in [4.69, 9.17) is 4.74 Å². The Kier molecular flexibility index (Phi) is 6.17. The highest BCUT2D eigenvalue weighted by atomic mass is 32.2. The largest absolute Gasteiger partial charge is 0.492 e. The number of ether oxygens (including phenoxy) is 1. The Labute approximate surface area is 195 Å². The summed E-state index contributed by atoms with van der Waals surface area (Å²) < 4.78 is 87.9. The second-order valence-electron chi connectivity index (χ2n) is 8.33. The highest BCUT2D eigenvalue weighted by molar-refractivity contribution is 7.97. The number of nitrogens with zero attached hydrogens (tertiary/aromatic N) is 2. The molecule has 34 heavy (non-hydrogen) atoms. The summed E-state index contributed by atoms with van der Waals surface area (Å²) in [6.07, 6.45) is -8.67. The Balaban J connectivity index is 1.75. The maximum atomic E-state index is 13.9. The van der Waals surface area contributed by atoms with Gasteiger partial charge in [-0.2, -0.15) is 26.3 Å². The minimum atomic E-state index is -4.79. The molecule has 0 bridgehead atoms. The predicted octanol–water partition coefficient (Wildman–Crippen LogP) is 6.06. The van der Waals surface area contributed by atoms with Crippen LogP contribution in [0.3, 0.4) is 0 Å². The molecule has 184 valence electrons. The first kappa shape index (κ1) is 24.5. The molecule has 1 N–H and O–H groups in total. The van der Waals surface area contributed by atoms with E-state index in [1.54, 1.807) is 11.4 Å². The Hall–Kier alpha value is -2.60. The minimum Gasteiger partial charge on any atom is -0.492 e. The molecule has 0 atom stereocenters. The van der Waals surface area contributed by atoms with Crippen LogP contribution in [-0.2, 0) is 17.1 Å². The normalized spacial score (nSPS) is 18.3. The van der Waals surface area contributed by atoms with Gasteiger partial charge in [-0.05, 0) is 68.2 Å². The number of hydrogen-bond acceptors (Lipinski definition) is 5. The fraction of sp³-hybridized carbons (Fsp3) is 0.409. The van der Waals surface area contributed by atoms with Gasteiger partial charge in [0.1, 0.15) is 17.8 Å². The standard InChI is InChI=1S/C22H20F6N2O3S/c1-29-8-9-30(14-4-2-13(3-5-14)21(23,24)25)16-10-15(22(26,27)28)17(11-18(16)34-29)33-12-20(6-7-20)19(31)32/h2-5,10-11H,6-9,12H2,1H3,(H,31,32). The van der Waals surface area contributed by atoms with Crippen molar-refractivity contribution in [2.45, 2.75) is 30.1 Å². The fourth-order valence-corrected chi connectivity index (χ4v) is 4.57. The number of anilines is 2. The maximum absolute atomic E-state index is 13.9. The molecule has 1 aliphatic heterocycles. The fourth-order valence-electron chi connectivity index (χ4n) is 3.63. The number of rotatable bonds is 5. The molecule has 5 nitrogen and oxygen atoms in total. The summed E-state index contributed by atoms with van der Waals surface area (Å²) in [5.74, 6) is -1.59. The maximum Gasteiger partial charge on any atom is 0.420 e. The van der Waals surface area contributed by atoms with Gasteiger partial charge in [-0.15, -0.1) is 0 Å². The van der Waals surface area contributed by atoms with Gasteiger partial charge in [-0.1, -0.05) is 0 Å². The van der Waals surface area contributed by atoms with Gasteiger partial charge in [0, 0.05) is 18.8 Å². The van der Waals surface area contributed by atoms with Crippen LogP contribution in [0.5, 0.6) is 5.75 Å². The summed E-state index contributed by atoms with van der Waals surface area (Å²) in [6.45, 7) is 0.273. The third kappa shape index (κ3) is 4.92. The van der Waals surface area contributed by atoms with Gasteiger partial charge in [0.05, 0.1) is 21.7 Å². The predicted molar refractivity (Wildman–Crippen MR) is 113 cm³/mol. The Bertz CT molecular complexity index is 1080. The molecule has 4 rings (SSSR count). The molecular weight excluding hydrogens is 486 g/mol. The Morgan fingerprint density at radius 1 is 1.06 bits per heavy atom. The van der Waals surface area contributed by atoms with E-state index in [9.17, 15) is 36.2 Å². The van der Waals surface area contributed by atoms with Crippen molar-refractivity contribution in [3.63, 3.8) is 0 Å². The molecule has 1 aliphatic carbocycles. The van der Waals surface area contributed by atoms with Gasteiger partial charge in [0.15, 0.2) is 0 Å². The molecule has 2 aliphatic rings. The Morgan fingerprint density at radius 3 is 2.24 bits per heavy atom. The van der Waals surface area contributed by atoms with E-state index in [0.29, 0.717) is 30.0 Å². The number of halogens is 6. The van der Waals surface area contributed by atoms with Crippen molar-refractivity contribution in [3.05, 3.63) is 47.5 Å². The lowest BCUT2D eigenvalue weighted by Gasteiger charge is -2.27. The number of carboxylic acid groups (broad SMARTS) is 1. The first-order chi connectivity index (χ1) is 15.8. The van der Waals surface area contributed by atoms with Crippen LogP contribution in [0.2, 0.25) is 0 Å². The number of carboxylic acids is 1. The van der Waals surface area contributed by atoms with Crippen LogP contribution in [0.1, 0.15) is 24.0 Å². The van der Waals surface area contributed by atoms with E-state index in [2.05, 4.69) is 0 Å². The SMILES string of the molecule is CN1CCN(c2ccc(C(F)(F)F)cc2)c2cc(C(F)(F)F)c(OCC3(C(=O)O)CC3)cc2S1. The highest BCUT2D eigenvalue weighted by Gasteiger charge is 2.51. The van der Waals surface area contributed by atoms with Crippen LogP contribution in [0, 0.1) is 5.41 Å². The number of carbonyl (C=O) groups is 1. The van der Waals surface area contributed by atoms with Crippen LogP contribution < -0.4 is 9.64 Å². The van der Waals surface area contributed by atoms with Gasteiger partial charge in [-0.25, -0.2) is 4.31 Å². The minimum absolute atomic E-state index is 0.174. The van der Waals surface area contributed by atoms with Crippen molar-refractivity contribution in [1.82, 2.24) is 4.31 Å². The summed E-state index contributed by atoms with van der Waals surface area (Å²) in [5.41, 5.74) is -2.62. The summed E-state index contributed by atoms with van der Waals surface area (Å²) in [6, 6.07) is 6.36. The molecule has 0 spiro atoms. The zero-order valence-corrected chi connectivity index (χ0v) is 18.7. The Morgan fingerprint density at radius 2 is 1.71 bits per heavy atom. The molecule has 1 heterocycles. The summed E-state index contributed by atoms with van der Waals surface area (Å²) in [7, 11) is 1.74. The number of aliphatic carboxylic acids is 1. The van der Waals surface area contributed by atoms with Gasteiger partial charge < -0.3 is 14.7 Å². The van der Waals surface area contributed by atoms with E-state index >= 15 is 0 Å². The lowest BCUT2D eigenvalue weighted by molar-refractivity contribution is -0.145. The zero-order chi connectivity index (χ0) is 24.9. The first-order valence-electron chi connectivity index (χ1n) is 10.3. The third-order valence-corrected chi connectivity index (χ3v) is 6.89. The number of hydrogen-bond donors (Lipinski definition) is 1. The average Bonchev–Trinajstić information content (AvgIpc) is 3.54. The van der Waals surface area contributed by atoms with Crippen molar-refractivity contribution in [2.75, 3.05) is 31.6 Å². The van der Waals surface area contributed by atoms with Gasteiger partial charge >= 0.3 is 18.3 Å². The van der Waals surface area contributed by atoms with Crippen LogP contribution in [0.15, 0.2) is 41.3 Å². The van der Waals surface area contributed by atoms with Crippen molar-refractivity contribution < 1.29 is 41.0 Å². The number of benzene rings is 2. The number of alkyl halides is 6.